The zero-order valence-corrected chi connectivity index (χ0v) is 16.3. The summed E-state index contributed by atoms with van der Waals surface area (Å²) in [5.74, 6) is 1.50. The topological polar surface area (TPSA) is 114 Å². The lowest BCUT2D eigenvalue weighted by Crippen LogP contribution is -2.32. The van der Waals surface area contributed by atoms with E-state index < -0.39 is 11.7 Å². The third-order valence-electron chi connectivity index (χ3n) is 5.49. The molecule has 0 aliphatic carbocycles. The molecule has 2 heterocycles. The smallest absolute Gasteiger partial charge is 0.153 e. The molecule has 0 saturated carbocycles. The minimum Gasteiger partial charge on any atom is -0.508 e. The maximum atomic E-state index is 11.8. The molecule has 8 heteroatoms. The molecule has 5 rings (SSSR count). The SMILES string of the molecule is [N-]=[N+]=NCCOc1ccc2c(c1)Oc1cc(O)ccc1C21OC(C=O)c2ccccc21. The average Bonchev–Trinajstić information content (AvgIpc) is 3.12. The van der Waals surface area contributed by atoms with Crippen LogP contribution in [0.4, 0.5) is 0 Å². The number of ether oxygens (including phenoxy) is 3. The highest BCUT2D eigenvalue weighted by Crippen LogP contribution is 2.59. The summed E-state index contributed by atoms with van der Waals surface area (Å²) in [5, 5.41) is 13.5. The van der Waals surface area contributed by atoms with Gasteiger partial charge in [0.05, 0.1) is 13.2 Å². The standard InChI is InChI=1S/C23H17N3O5/c24-26-25-9-10-29-15-6-8-19-21(12-15)30-20-11-14(28)5-7-18(20)23(19)17-4-2-1-3-16(17)22(13-27)31-23/h1-8,11-13,22,28H,9-10H2. The van der Waals surface area contributed by atoms with Crippen molar-refractivity contribution >= 4 is 6.29 Å². The molecule has 2 aliphatic heterocycles. The minimum absolute atomic E-state index is 0.0531. The summed E-state index contributed by atoms with van der Waals surface area (Å²) >= 11 is 0. The molecule has 0 bridgehead atoms. The van der Waals surface area contributed by atoms with Crippen molar-refractivity contribution in [3.8, 4) is 23.0 Å². The molecule has 0 fully saturated rings. The first-order chi connectivity index (χ1) is 15.2. The first-order valence-electron chi connectivity index (χ1n) is 9.69. The fourth-order valence-electron chi connectivity index (χ4n) is 4.27. The number of phenolic OH excluding ortho intramolecular Hbond substituents is 1. The van der Waals surface area contributed by atoms with Crippen molar-refractivity contribution in [3.05, 3.63) is 93.4 Å². The Balaban J connectivity index is 1.68. The van der Waals surface area contributed by atoms with Crippen LogP contribution in [0.1, 0.15) is 28.4 Å². The van der Waals surface area contributed by atoms with Crippen molar-refractivity contribution in [2.45, 2.75) is 11.7 Å². The Hall–Kier alpha value is -4.00. The van der Waals surface area contributed by atoms with E-state index in [1.54, 1.807) is 24.3 Å². The molecule has 0 radical (unpaired) electrons. The zero-order chi connectivity index (χ0) is 21.4. The second kappa shape index (κ2) is 7.36. The van der Waals surface area contributed by atoms with Crippen LogP contribution in [-0.4, -0.2) is 24.5 Å². The van der Waals surface area contributed by atoms with Crippen molar-refractivity contribution in [2.24, 2.45) is 5.11 Å². The van der Waals surface area contributed by atoms with E-state index in [0.29, 0.717) is 22.8 Å². The molecule has 2 unspecified atom stereocenters. The highest BCUT2D eigenvalue weighted by Gasteiger charge is 2.52. The van der Waals surface area contributed by atoms with E-state index in [4.69, 9.17) is 19.7 Å². The maximum Gasteiger partial charge on any atom is 0.153 e. The number of hydrogen-bond donors (Lipinski definition) is 1. The predicted octanol–water partition coefficient (Wildman–Crippen LogP) is 4.75. The fraction of sp³-hybridized carbons (Fsp3) is 0.174. The molecule has 0 saturated heterocycles. The lowest BCUT2D eigenvalue weighted by atomic mass is 9.77. The third kappa shape index (κ3) is 2.89. The second-order valence-electron chi connectivity index (χ2n) is 7.19. The van der Waals surface area contributed by atoms with Gasteiger partial charge < -0.3 is 24.1 Å². The molecule has 2 aliphatic rings. The van der Waals surface area contributed by atoms with Crippen LogP contribution in [-0.2, 0) is 15.1 Å². The third-order valence-corrected chi connectivity index (χ3v) is 5.49. The molecular formula is C23H17N3O5. The predicted molar refractivity (Wildman–Crippen MR) is 110 cm³/mol. The number of phenols is 1. The number of nitrogens with zero attached hydrogens (tertiary/aromatic N) is 3. The van der Waals surface area contributed by atoms with E-state index >= 15 is 0 Å². The van der Waals surface area contributed by atoms with E-state index in [2.05, 4.69) is 10.0 Å². The van der Waals surface area contributed by atoms with Gasteiger partial charge in [-0.15, -0.1) is 0 Å². The summed E-state index contributed by atoms with van der Waals surface area (Å²) in [6.07, 6.45) is 0.0549. The van der Waals surface area contributed by atoms with Gasteiger partial charge in [-0.25, -0.2) is 0 Å². The maximum absolute atomic E-state index is 11.8. The number of carbonyl (C=O) groups excluding carboxylic acids is 1. The van der Waals surface area contributed by atoms with Gasteiger partial charge in [-0.05, 0) is 40.9 Å². The van der Waals surface area contributed by atoms with E-state index in [1.807, 2.05) is 30.3 Å². The summed E-state index contributed by atoms with van der Waals surface area (Å²) in [5.41, 5.74) is 10.4. The van der Waals surface area contributed by atoms with Crippen molar-refractivity contribution < 1.29 is 24.1 Å². The number of hydrogen-bond acceptors (Lipinski definition) is 6. The van der Waals surface area contributed by atoms with Gasteiger partial charge >= 0.3 is 0 Å². The van der Waals surface area contributed by atoms with Crippen LogP contribution in [0.15, 0.2) is 65.8 Å². The van der Waals surface area contributed by atoms with Crippen LogP contribution in [0.2, 0.25) is 0 Å². The number of fused-ring (bicyclic) bond motifs is 6. The van der Waals surface area contributed by atoms with Gasteiger partial charge in [0.1, 0.15) is 29.1 Å². The Labute approximate surface area is 177 Å². The molecule has 0 aromatic heterocycles. The summed E-state index contributed by atoms with van der Waals surface area (Å²) in [6.45, 7) is 0.421. The molecular weight excluding hydrogens is 398 g/mol. The highest BCUT2D eigenvalue weighted by molar-refractivity contribution is 5.71. The highest BCUT2D eigenvalue weighted by atomic mass is 16.5. The monoisotopic (exact) mass is 415 g/mol. The van der Waals surface area contributed by atoms with E-state index in [0.717, 1.165) is 23.0 Å². The summed E-state index contributed by atoms with van der Waals surface area (Å²) in [7, 11) is 0. The molecule has 31 heavy (non-hydrogen) atoms. The number of azide groups is 1. The molecule has 1 spiro atoms. The zero-order valence-electron chi connectivity index (χ0n) is 16.3. The van der Waals surface area contributed by atoms with Crippen LogP contribution < -0.4 is 9.47 Å². The Bertz CT molecular complexity index is 1240. The number of aldehydes is 1. The first-order valence-corrected chi connectivity index (χ1v) is 9.69. The molecule has 8 nitrogen and oxygen atoms in total. The summed E-state index contributed by atoms with van der Waals surface area (Å²) < 4.78 is 18.2. The Morgan fingerprint density at radius 2 is 1.87 bits per heavy atom. The molecule has 3 aromatic carbocycles. The van der Waals surface area contributed by atoms with Gasteiger partial charge in [-0.3, -0.25) is 0 Å². The molecule has 0 amide bonds. The molecule has 1 N–H and O–H groups in total. The Morgan fingerprint density at radius 1 is 1.10 bits per heavy atom. The van der Waals surface area contributed by atoms with Gasteiger partial charge in [0.25, 0.3) is 0 Å². The van der Waals surface area contributed by atoms with E-state index in [9.17, 15) is 9.90 Å². The largest absolute Gasteiger partial charge is 0.508 e. The summed E-state index contributed by atoms with van der Waals surface area (Å²) in [4.78, 5) is 14.6. The van der Waals surface area contributed by atoms with Gasteiger partial charge in [-0.2, -0.15) is 0 Å². The normalized spacial score (nSPS) is 20.1. The van der Waals surface area contributed by atoms with Crippen LogP contribution in [0, 0.1) is 0 Å². The number of rotatable bonds is 5. The van der Waals surface area contributed by atoms with Gasteiger partial charge in [0.2, 0.25) is 0 Å². The van der Waals surface area contributed by atoms with Gasteiger partial charge in [-0.1, -0.05) is 29.4 Å². The minimum atomic E-state index is -1.07. The van der Waals surface area contributed by atoms with Crippen molar-refractivity contribution in [3.63, 3.8) is 0 Å². The average molecular weight is 415 g/mol. The summed E-state index contributed by atoms with van der Waals surface area (Å²) in [6, 6.07) is 17.8. The molecule has 3 aromatic rings. The van der Waals surface area contributed by atoms with Gasteiger partial charge in [0, 0.05) is 28.2 Å². The van der Waals surface area contributed by atoms with Crippen molar-refractivity contribution in [1.82, 2.24) is 0 Å². The van der Waals surface area contributed by atoms with Gasteiger partial charge in [0.15, 0.2) is 11.9 Å². The Kier molecular flexibility index (Phi) is 4.51. The number of aromatic hydroxyl groups is 1. The second-order valence-corrected chi connectivity index (χ2v) is 7.19. The quantitative estimate of drug-likeness (QED) is 0.212. The van der Waals surface area contributed by atoms with Crippen LogP contribution in [0.3, 0.4) is 0 Å². The Morgan fingerprint density at radius 3 is 2.68 bits per heavy atom. The molecule has 154 valence electrons. The van der Waals surface area contributed by atoms with Crippen LogP contribution in [0.25, 0.3) is 10.4 Å². The van der Waals surface area contributed by atoms with Crippen LogP contribution >= 0.6 is 0 Å². The van der Waals surface area contributed by atoms with Crippen molar-refractivity contribution in [2.75, 3.05) is 13.2 Å². The van der Waals surface area contributed by atoms with E-state index in [-0.39, 0.29) is 18.9 Å². The number of carbonyl (C=O) groups is 1. The lowest BCUT2D eigenvalue weighted by Gasteiger charge is -2.37. The van der Waals surface area contributed by atoms with Crippen molar-refractivity contribution in [1.29, 1.82) is 0 Å². The first kappa shape index (κ1) is 19.0. The lowest BCUT2D eigenvalue weighted by molar-refractivity contribution is -0.123. The van der Waals surface area contributed by atoms with E-state index in [1.165, 1.54) is 6.07 Å². The number of benzene rings is 3. The fourth-order valence-corrected chi connectivity index (χ4v) is 4.27. The molecule has 2 atom stereocenters. The van der Waals surface area contributed by atoms with Crippen LogP contribution in [0.5, 0.6) is 23.0 Å².